The molecule has 0 fully saturated rings. The van der Waals surface area contributed by atoms with Gasteiger partial charge in [-0.1, -0.05) is 74.5 Å². The molecule has 2 amide bonds. The summed E-state index contributed by atoms with van der Waals surface area (Å²) < 4.78 is 5.25. The number of carbonyl (C=O) groups is 2. The van der Waals surface area contributed by atoms with Crippen LogP contribution in [-0.4, -0.2) is 25.1 Å². The molecule has 0 saturated heterocycles. The fourth-order valence-electron chi connectivity index (χ4n) is 2.64. The van der Waals surface area contributed by atoms with Crippen molar-refractivity contribution in [2.75, 3.05) is 7.05 Å². The van der Waals surface area contributed by atoms with Crippen molar-refractivity contribution in [1.29, 1.82) is 0 Å². The van der Waals surface area contributed by atoms with E-state index in [1.54, 1.807) is 7.05 Å². The summed E-state index contributed by atoms with van der Waals surface area (Å²) in [7, 11) is 1.55. The van der Waals surface area contributed by atoms with Gasteiger partial charge in [0.1, 0.15) is 12.6 Å². The van der Waals surface area contributed by atoms with Crippen LogP contribution < -0.4 is 10.6 Å². The first-order chi connectivity index (χ1) is 11.9. The number of amides is 2. The molecule has 0 radical (unpaired) electrons. The summed E-state index contributed by atoms with van der Waals surface area (Å²) in [5.74, 6) is -0.273. The minimum atomic E-state index is -0.761. The van der Waals surface area contributed by atoms with Crippen LogP contribution in [-0.2, 0) is 21.6 Å². The lowest BCUT2D eigenvalue weighted by Gasteiger charge is -2.33. The van der Waals surface area contributed by atoms with Crippen LogP contribution >= 0.6 is 0 Å². The Morgan fingerprint density at radius 3 is 2.12 bits per heavy atom. The predicted molar refractivity (Wildman–Crippen MR) is 97.1 cm³/mol. The lowest BCUT2D eigenvalue weighted by Crippen LogP contribution is -2.55. The Balaban J connectivity index is 2.09. The van der Waals surface area contributed by atoms with E-state index in [9.17, 15) is 9.59 Å². The van der Waals surface area contributed by atoms with Gasteiger partial charge in [0.15, 0.2) is 0 Å². The Morgan fingerprint density at radius 2 is 1.56 bits per heavy atom. The summed E-state index contributed by atoms with van der Waals surface area (Å²) in [4.78, 5) is 24.6. The molecule has 5 nitrogen and oxygen atoms in total. The molecular weight excluding hydrogens is 316 g/mol. The molecule has 0 aliphatic heterocycles. The number of benzene rings is 2. The molecule has 0 aliphatic rings. The summed E-state index contributed by atoms with van der Waals surface area (Å²) >= 11 is 0. The van der Waals surface area contributed by atoms with E-state index in [2.05, 4.69) is 10.6 Å². The van der Waals surface area contributed by atoms with Crippen molar-refractivity contribution >= 4 is 12.0 Å². The molecule has 0 bridgehead atoms. The minimum absolute atomic E-state index is 0.152. The number of ether oxygens (including phenoxy) is 1. The van der Waals surface area contributed by atoms with Gasteiger partial charge in [-0.3, -0.25) is 4.79 Å². The van der Waals surface area contributed by atoms with Crippen molar-refractivity contribution in [2.24, 2.45) is 0 Å². The Hall–Kier alpha value is -2.82. The zero-order valence-electron chi connectivity index (χ0n) is 14.8. The zero-order chi connectivity index (χ0) is 18.3. The summed E-state index contributed by atoms with van der Waals surface area (Å²) in [5.41, 5.74) is 1.23. The Morgan fingerprint density at radius 1 is 1.00 bits per heavy atom. The summed E-state index contributed by atoms with van der Waals surface area (Å²) in [6.45, 7) is 3.98. The second-order valence-electron chi connectivity index (χ2n) is 6.34. The van der Waals surface area contributed by atoms with Gasteiger partial charge in [0.2, 0.25) is 5.91 Å². The Bertz CT molecular complexity index is 699. The molecule has 132 valence electrons. The minimum Gasteiger partial charge on any atom is -0.445 e. The number of hydrogen-bond donors (Lipinski definition) is 2. The van der Waals surface area contributed by atoms with Crippen LogP contribution in [0.4, 0.5) is 4.79 Å². The van der Waals surface area contributed by atoms with Crippen LogP contribution in [0.1, 0.15) is 25.0 Å². The second-order valence-corrected chi connectivity index (χ2v) is 6.34. The number of rotatable bonds is 6. The average Bonchev–Trinajstić information content (AvgIpc) is 2.65. The number of carbonyl (C=O) groups excluding carboxylic acids is 2. The quantitative estimate of drug-likeness (QED) is 0.849. The smallest absolute Gasteiger partial charge is 0.408 e. The zero-order valence-corrected chi connectivity index (χ0v) is 14.8. The molecule has 0 saturated carbocycles. The third-order valence-corrected chi connectivity index (χ3v) is 4.22. The van der Waals surface area contributed by atoms with Crippen molar-refractivity contribution < 1.29 is 14.3 Å². The van der Waals surface area contributed by atoms with Gasteiger partial charge in [0.25, 0.3) is 0 Å². The van der Waals surface area contributed by atoms with E-state index in [0.717, 1.165) is 11.1 Å². The van der Waals surface area contributed by atoms with Crippen molar-refractivity contribution in [2.45, 2.75) is 31.9 Å². The molecule has 2 aromatic carbocycles. The summed E-state index contributed by atoms with van der Waals surface area (Å²) in [6.07, 6.45) is -0.624. The summed E-state index contributed by atoms with van der Waals surface area (Å²) in [5, 5.41) is 5.31. The van der Waals surface area contributed by atoms with Gasteiger partial charge in [-0.05, 0) is 11.1 Å². The van der Waals surface area contributed by atoms with Gasteiger partial charge in [0.05, 0.1) is 0 Å². The fraction of sp³-hybridized carbons (Fsp3) is 0.300. The van der Waals surface area contributed by atoms with E-state index in [1.807, 2.05) is 74.5 Å². The van der Waals surface area contributed by atoms with E-state index in [-0.39, 0.29) is 12.5 Å². The lowest BCUT2D eigenvalue weighted by atomic mass is 9.77. The molecular formula is C20H24N2O3. The number of hydrogen-bond acceptors (Lipinski definition) is 3. The van der Waals surface area contributed by atoms with Gasteiger partial charge >= 0.3 is 6.09 Å². The highest BCUT2D eigenvalue weighted by atomic mass is 16.5. The van der Waals surface area contributed by atoms with Gasteiger partial charge in [-0.25, -0.2) is 4.79 Å². The Kier molecular flexibility index (Phi) is 6.17. The highest BCUT2D eigenvalue weighted by molar-refractivity contribution is 5.87. The lowest BCUT2D eigenvalue weighted by molar-refractivity contribution is -0.124. The second kappa shape index (κ2) is 8.33. The molecule has 5 heteroatoms. The van der Waals surface area contributed by atoms with Gasteiger partial charge in [-0.15, -0.1) is 0 Å². The standard InChI is InChI=1S/C20H24N2O3/c1-20(2,16-12-8-5-9-13-16)17(18(23)21-3)22-19(24)25-14-15-10-6-4-7-11-15/h4-13,17H,14H2,1-3H3,(H,21,23)(H,22,24)/t17-/m1/s1. The summed E-state index contributed by atoms with van der Waals surface area (Å²) in [6, 6.07) is 18.2. The van der Waals surface area contributed by atoms with Gasteiger partial charge in [-0.2, -0.15) is 0 Å². The molecule has 0 heterocycles. The molecule has 0 aliphatic carbocycles. The maximum Gasteiger partial charge on any atom is 0.408 e. The van der Waals surface area contributed by atoms with Crippen molar-refractivity contribution in [3.05, 3.63) is 71.8 Å². The third kappa shape index (κ3) is 4.83. The highest BCUT2D eigenvalue weighted by Crippen LogP contribution is 2.27. The van der Waals surface area contributed by atoms with Crippen molar-refractivity contribution in [3.8, 4) is 0 Å². The molecule has 25 heavy (non-hydrogen) atoms. The molecule has 0 aromatic heterocycles. The van der Waals surface area contributed by atoms with Crippen molar-refractivity contribution in [1.82, 2.24) is 10.6 Å². The molecule has 2 N–H and O–H groups in total. The molecule has 0 unspecified atom stereocenters. The van der Waals surface area contributed by atoms with E-state index in [4.69, 9.17) is 4.74 Å². The van der Waals surface area contributed by atoms with E-state index >= 15 is 0 Å². The molecule has 2 aromatic rings. The molecule has 2 rings (SSSR count). The van der Waals surface area contributed by atoms with Crippen molar-refractivity contribution in [3.63, 3.8) is 0 Å². The maximum absolute atomic E-state index is 12.4. The van der Waals surface area contributed by atoms with Crippen LogP contribution in [0.2, 0.25) is 0 Å². The number of likely N-dealkylation sites (N-methyl/N-ethyl adjacent to an activating group) is 1. The first-order valence-electron chi connectivity index (χ1n) is 8.19. The Labute approximate surface area is 148 Å². The van der Waals surface area contributed by atoms with Gasteiger partial charge < -0.3 is 15.4 Å². The fourth-order valence-corrected chi connectivity index (χ4v) is 2.64. The number of nitrogens with one attached hydrogen (secondary N) is 2. The largest absolute Gasteiger partial charge is 0.445 e. The van der Waals surface area contributed by atoms with Crippen LogP contribution in [0.15, 0.2) is 60.7 Å². The first kappa shape index (κ1) is 18.5. The highest BCUT2D eigenvalue weighted by Gasteiger charge is 2.37. The average molecular weight is 340 g/mol. The molecule has 0 spiro atoms. The topological polar surface area (TPSA) is 67.4 Å². The molecule has 1 atom stereocenters. The van der Waals surface area contributed by atoms with E-state index < -0.39 is 17.6 Å². The van der Waals surface area contributed by atoms with Crippen LogP contribution in [0.5, 0.6) is 0 Å². The normalized spacial score (nSPS) is 12.1. The SMILES string of the molecule is CNC(=O)[C@@H](NC(=O)OCc1ccccc1)C(C)(C)c1ccccc1. The van der Waals surface area contributed by atoms with Crippen LogP contribution in [0, 0.1) is 0 Å². The number of alkyl carbamates (subject to hydrolysis) is 1. The van der Waals surface area contributed by atoms with E-state index in [1.165, 1.54) is 0 Å². The monoisotopic (exact) mass is 340 g/mol. The first-order valence-corrected chi connectivity index (χ1v) is 8.19. The van der Waals surface area contributed by atoms with Crippen LogP contribution in [0.3, 0.4) is 0 Å². The van der Waals surface area contributed by atoms with E-state index in [0.29, 0.717) is 0 Å². The third-order valence-electron chi connectivity index (χ3n) is 4.22. The van der Waals surface area contributed by atoms with Crippen LogP contribution in [0.25, 0.3) is 0 Å². The predicted octanol–water partition coefficient (Wildman–Crippen LogP) is 3.01. The maximum atomic E-state index is 12.4. The van der Waals surface area contributed by atoms with Gasteiger partial charge in [0, 0.05) is 12.5 Å².